The minimum atomic E-state index is 0. The number of nitrogens with one attached hydrogen (secondary N) is 2. The molecule has 1 unspecified atom stereocenters. The summed E-state index contributed by atoms with van der Waals surface area (Å²) in [6.07, 6.45) is 5.03. The quantitative estimate of drug-likeness (QED) is 0.274. The first-order valence-electron chi connectivity index (χ1n) is 9.78. The number of guanidine groups is 1. The predicted octanol–water partition coefficient (Wildman–Crippen LogP) is 2.52. The Labute approximate surface area is 176 Å². The van der Waals surface area contributed by atoms with Gasteiger partial charge in [0.15, 0.2) is 5.96 Å². The Morgan fingerprint density at radius 2 is 2.00 bits per heavy atom. The van der Waals surface area contributed by atoms with Gasteiger partial charge in [0.25, 0.3) is 0 Å². The molecule has 0 spiro atoms. The topological polar surface area (TPSA) is 70.4 Å². The van der Waals surface area contributed by atoms with Gasteiger partial charge in [0, 0.05) is 25.6 Å². The molecule has 2 N–H and O–H groups in total. The lowest BCUT2D eigenvalue weighted by Gasteiger charge is -2.21. The van der Waals surface area contributed by atoms with Crippen LogP contribution >= 0.6 is 24.0 Å². The molecule has 0 aliphatic heterocycles. The van der Waals surface area contributed by atoms with Crippen molar-refractivity contribution in [3.8, 4) is 0 Å². The number of halogens is 1. The van der Waals surface area contributed by atoms with E-state index in [1.165, 1.54) is 13.0 Å². The van der Waals surface area contributed by atoms with Gasteiger partial charge in [0.1, 0.15) is 12.2 Å². The maximum absolute atomic E-state index is 4.69. The van der Waals surface area contributed by atoms with E-state index in [4.69, 9.17) is 0 Å². The third kappa shape index (κ3) is 9.70. The van der Waals surface area contributed by atoms with Gasteiger partial charge in [0.05, 0.1) is 6.54 Å². The fraction of sp³-hybridized carbons (Fsp3) is 0.833. The van der Waals surface area contributed by atoms with E-state index in [1.54, 1.807) is 6.33 Å². The van der Waals surface area contributed by atoms with Crippen LogP contribution in [0.4, 0.5) is 0 Å². The fourth-order valence-electron chi connectivity index (χ4n) is 2.80. The van der Waals surface area contributed by atoms with Crippen LogP contribution in [0.25, 0.3) is 0 Å². The number of aromatic nitrogens is 3. The maximum atomic E-state index is 4.69. The highest BCUT2D eigenvalue weighted by Crippen LogP contribution is 2.00. The Morgan fingerprint density at radius 3 is 2.62 bits per heavy atom. The van der Waals surface area contributed by atoms with Crippen molar-refractivity contribution >= 4 is 29.9 Å². The van der Waals surface area contributed by atoms with Crippen LogP contribution in [0.5, 0.6) is 0 Å². The molecule has 0 amide bonds. The highest BCUT2D eigenvalue weighted by atomic mass is 127. The highest BCUT2D eigenvalue weighted by Gasteiger charge is 2.07. The van der Waals surface area contributed by atoms with E-state index in [2.05, 4.69) is 69.9 Å². The van der Waals surface area contributed by atoms with E-state index < -0.39 is 0 Å². The summed E-state index contributed by atoms with van der Waals surface area (Å²) >= 11 is 0. The molecule has 8 heteroatoms. The SMILES string of the molecule is CCNC(=NCCn1cnnc1CC)NC(C)CCCN(CC)CC.I. The Hall–Kier alpha value is -0.900. The molecule has 1 aromatic rings. The molecule has 0 saturated heterocycles. The minimum Gasteiger partial charge on any atom is -0.357 e. The second-order valence-electron chi connectivity index (χ2n) is 6.27. The van der Waals surface area contributed by atoms with Gasteiger partial charge < -0.3 is 20.1 Å². The van der Waals surface area contributed by atoms with Crippen LogP contribution in [0.1, 0.15) is 53.3 Å². The molecule has 0 aliphatic carbocycles. The van der Waals surface area contributed by atoms with Crippen LogP contribution in [0.3, 0.4) is 0 Å². The molecule has 1 aromatic heterocycles. The van der Waals surface area contributed by atoms with Crippen molar-refractivity contribution in [3.63, 3.8) is 0 Å². The molecule has 26 heavy (non-hydrogen) atoms. The molecular formula is C18H38IN7. The van der Waals surface area contributed by atoms with Gasteiger partial charge in [0.2, 0.25) is 0 Å². The van der Waals surface area contributed by atoms with Crippen molar-refractivity contribution in [2.24, 2.45) is 4.99 Å². The largest absolute Gasteiger partial charge is 0.357 e. The number of nitrogens with zero attached hydrogens (tertiary/aromatic N) is 5. The summed E-state index contributed by atoms with van der Waals surface area (Å²) in [5, 5.41) is 14.9. The monoisotopic (exact) mass is 479 g/mol. The number of hydrogen-bond acceptors (Lipinski definition) is 4. The lowest BCUT2D eigenvalue weighted by molar-refractivity contribution is 0.292. The third-order valence-corrected chi connectivity index (χ3v) is 4.36. The molecule has 0 bridgehead atoms. The van der Waals surface area contributed by atoms with Gasteiger partial charge >= 0.3 is 0 Å². The van der Waals surface area contributed by atoms with E-state index in [9.17, 15) is 0 Å². The molecule has 152 valence electrons. The average molecular weight is 479 g/mol. The van der Waals surface area contributed by atoms with Gasteiger partial charge in [-0.05, 0) is 46.3 Å². The zero-order valence-electron chi connectivity index (χ0n) is 17.2. The lowest BCUT2D eigenvalue weighted by Crippen LogP contribution is -2.42. The van der Waals surface area contributed by atoms with Crippen LogP contribution in [-0.2, 0) is 13.0 Å². The van der Waals surface area contributed by atoms with E-state index in [0.717, 1.165) is 50.8 Å². The lowest BCUT2D eigenvalue weighted by atomic mass is 10.2. The van der Waals surface area contributed by atoms with Crippen LogP contribution in [0.15, 0.2) is 11.3 Å². The smallest absolute Gasteiger partial charge is 0.191 e. The Kier molecular flexibility index (Phi) is 14.7. The number of rotatable bonds is 12. The second kappa shape index (κ2) is 15.2. The Morgan fingerprint density at radius 1 is 1.27 bits per heavy atom. The third-order valence-electron chi connectivity index (χ3n) is 4.36. The van der Waals surface area contributed by atoms with Gasteiger partial charge in [-0.1, -0.05) is 20.8 Å². The van der Waals surface area contributed by atoms with Crippen molar-refractivity contribution < 1.29 is 0 Å². The first kappa shape index (κ1) is 25.1. The molecule has 0 fully saturated rings. The Bertz CT molecular complexity index is 486. The van der Waals surface area contributed by atoms with Crippen LogP contribution in [0, 0.1) is 0 Å². The molecule has 0 aliphatic rings. The van der Waals surface area contributed by atoms with Crippen molar-refractivity contribution in [1.29, 1.82) is 0 Å². The molecule has 1 rings (SSSR count). The van der Waals surface area contributed by atoms with Gasteiger partial charge in [-0.3, -0.25) is 4.99 Å². The molecule has 1 heterocycles. The first-order valence-corrected chi connectivity index (χ1v) is 9.78. The predicted molar refractivity (Wildman–Crippen MR) is 120 cm³/mol. The van der Waals surface area contributed by atoms with Crippen molar-refractivity contribution in [2.45, 2.75) is 66.5 Å². The normalized spacial score (nSPS) is 12.8. The average Bonchev–Trinajstić information content (AvgIpc) is 3.06. The summed E-state index contributed by atoms with van der Waals surface area (Å²) < 4.78 is 2.07. The minimum absolute atomic E-state index is 0. The fourth-order valence-corrected chi connectivity index (χ4v) is 2.80. The number of aliphatic imine (C=N–C) groups is 1. The second-order valence-corrected chi connectivity index (χ2v) is 6.27. The van der Waals surface area contributed by atoms with Gasteiger partial charge in [-0.25, -0.2) is 0 Å². The van der Waals surface area contributed by atoms with Crippen LogP contribution < -0.4 is 10.6 Å². The summed E-state index contributed by atoms with van der Waals surface area (Å²) in [4.78, 5) is 7.16. The molecule has 0 saturated carbocycles. The van der Waals surface area contributed by atoms with Gasteiger partial charge in [-0.15, -0.1) is 34.2 Å². The van der Waals surface area contributed by atoms with Crippen LogP contribution in [-0.4, -0.2) is 64.4 Å². The summed E-state index contributed by atoms with van der Waals surface area (Å²) in [5.74, 6) is 1.90. The highest BCUT2D eigenvalue weighted by molar-refractivity contribution is 14.0. The zero-order valence-corrected chi connectivity index (χ0v) is 19.5. The maximum Gasteiger partial charge on any atom is 0.191 e. The summed E-state index contributed by atoms with van der Waals surface area (Å²) in [6.45, 7) is 16.7. The number of aryl methyl sites for hydroxylation is 1. The van der Waals surface area contributed by atoms with E-state index in [-0.39, 0.29) is 24.0 Å². The molecule has 0 aromatic carbocycles. The molecule has 7 nitrogen and oxygen atoms in total. The molecular weight excluding hydrogens is 441 g/mol. The van der Waals surface area contributed by atoms with Crippen LogP contribution in [0.2, 0.25) is 0 Å². The van der Waals surface area contributed by atoms with Crippen molar-refractivity contribution in [1.82, 2.24) is 30.3 Å². The van der Waals surface area contributed by atoms with E-state index >= 15 is 0 Å². The zero-order chi connectivity index (χ0) is 18.5. The summed E-state index contributed by atoms with van der Waals surface area (Å²) in [6, 6.07) is 0.412. The van der Waals surface area contributed by atoms with Gasteiger partial charge in [-0.2, -0.15) is 0 Å². The van der Waals surface area contributed by atoms with Crippen molar-refractivity contribution in [2.75, 3.05) is 32.7 Å². The van der Waals surface area contributed by atoms with E-state index in [1.807, 2.05) is 0 Å². The first-order chi connectivity index (χ1) is 12.1. The summed E-state index contributed by atoms with van der Waals surface area (Å²) in [7, 11) is 0. The van der Waals surface area contributed by atoms with Crippen molar-refractivity contribution in [3.05, 3.63) is 12.2 Å². The Balaban J connectivity index is 0.00000625. The standard InChI is InChI=1S/C18H37N7.HI/c1-6-17-23-21-15-25(17)14-12-20-18(19-7-2)22-16(5)11-10-13-24(8-3)9-4;/h15-16H,6-14H2,1-5H3,(H2,19,20,22);1H. The van der Waals surface area contributed by atoms with E-state index in [0.29, 0.717) is 12.6 Å². The number of hydrogen-bond donors (Lipinski definition) is 2. The molecule has 0 radical (unpaired) electrons. The molecule has 1 atom stereocenters. The summed E-state index contributed by atoms with van der Waals surface area (Å²) in [5.41, 5.74) is 0.